The van der Waals surface area contributed by atoms with Crippen LogP contribution in [0, 0.1) is 19.8 Å². The molecule has 9 nitrogen and oxygen atoms in total. The molecule has 0 atom stereocenters. The number of sulfonamides is 1. The Bertz CT molecular complexity index is 1180. The van der Waals surface area contributed by atoms with E-state index in [0.717, 1.165) is 5.56 Å². The molecule has 30 heavy (non-hydrogen) atoms. The Balaban J connectivity index is 1.42. The van der Waals surface area contributed by atoms with E-state index in [1.165, 1.54) is 10.4 Å². The lowest BCUT2D eigenvalue weighted by atomic mass is 9.98. The monoisotopic (exact) mass is 428 g/mol. The van der Waals surface area contributed by atoms with Crippen molar-refractivity contribution in [2.24, 2.45) is 5.92 Å². The number of aryl methyl sites for hydroxylation is 2. The zero-order valence-electron chi connectivity index (χ0n) is 16.9. The van der Waals surface area contributed by atoms with Crippen molar-refractivity contribution in [2.45, 2.75) is 38.1 Å². The van der Waals surface area contributed by atoms with Gasteiger partial charge in [-0.2, -0.15) is 9.40 Å². The summed E-state index contributed by atoms with van der Waals surface area (Å²) in [6.45, 7) is 4.78. The van der Waals surface area contributed by atoms with Crippen molar-refractivity contribution in [3.05, 3.63) is 58.7 Å². The zero-order chi connectivity index (χ0) is 21.3. The Labute approximate surface area is 174 Å². The van der Waals surface area contributed by atoms with Crippen LogP contribution < -0.4 is 5.56 Å². The lowest BCUT2D eigenvalue weighted by Crippen LogP contribution is -2.40. The van der Waals surface area contributed by atoms with Crippen LogP contribution >= 0.6 is 0 Å². The first-order chi connectivity index (χ1) is 14.4. The molecule has 10 heteroatoms. The van der Waals surface area contributed by atoms with Crippen molar-refractivity contribution in [2.75, 3.05) is 13.1 Å². The molecule has 0 saturated carbocycles. The first-order valence-corrected chi connectivity index (χ1v) is 11.3. The van der Waals surface area contributed by atoms with Gasteiger partial charge in [-0.05, 0) is 44.7 Å². The third-order valence-corrected chi connectivity index (χ3v) is 7.69. The Hall–Kier alpha value is -2.85. The normalized spacial score (nSPS) is 16.1. The highest BCUT2D eigenvalue weighted by atomic mass is 32.2. The van der Waals surface area contributed by atoms with Crippen molar-refractivity contribution in [1.82, 2.24) is 29.0 Å². The third kappa shape index (κ3) is 3.92. The Morgan fingerprint density at radius 3 is 2.60 bits per heavy atom. The Morgan fingerprint density at radius 1 is 1.23 bits per heavy atom. The van der Waals surface area contributed by atoms with E-state index in [4.69, 9.17) is 0 Å². The van der Waals surface area contributed by atoms with Gasteiger partial charge >= 0.3 is 0 Å². The summed E-state index contributed by atoms with van der Waals surface area (Å²) in [5.74, 6) is 0.215. The quantitative estimate of drug-likeness (QED) is 0.662. The van der Waals surface area contributed by atoms with Gasteiger partial charge in [-0.3, -0.25) is 19.4 Å². The number of nitrogens with zero attached hydrogens (tertiary/aromatic N) is 5. The van der Waals surface area contributed by atoms with Crippen molar-refractivity contribution in [3.8, 4) is 11.3 Å². The SMILES string of the molecule is Cc1n[nH]c(C)c1S(=O)(=O)N1CCC(Cn2cnc(-c3cccnc3)cc2=O)CC1. The van der Waals surface area contributed by atoms with E-state index in [1.807, 2.05) is 6.07 Å². The van der Waals surface area contributed by atoms with Gasteiger partial charge in [-0.15, -0.1) is 0 Å². The van der Waals surface area contributed by atoms with Gasteiger partial charge in [-0.1, -0.05) is 0 Å². The maximum Gasteiger partial charge on any atom is 0.253 e. The van der Waals surface area contributed by atoms with Gasteiger partial charge in [0.25, 0.3) is 5.56 Å². The highest BCUT2D eigenvalue weighted by molar-refractivity contribution is 7.89. The Kier molecular flexibility index (Phi) is 5.52. The molecular weight excluding hydrogens is 404 g/mol. The van der Waals surface area contributed by atoms with Crippen LogP contribution in [0.1, 0.15) is 24.2 Å². The van der Waals surface area contributed by atoms with Gasteiger partial charge in [-0.25, -0.2) is 13.4 Å². The van der Waals surface area contributed by atoms with Crippen LogP contribution in [0.15, 0.2) is 46.6 Å². The summed E-state index contributed by atoms with van der Waals surface area (Å²) >= 11 is 0. The van der Waals surface area contributed by atoms with Gasteiger partial charge < -0.3 is 0 Å². The largest absolute Gasteiger partial charge is 0.299 e. The molecule has 1 fully saturated rings. The maximum atomic E-state index is 13.0. The average Bonchev–Trinajstić information content (AvgIpc) is 3.09. The fraction of sp³-hybridized carbons (Fsp3) is 0.400. The molecule has 0 bridgehead atoms. The molecule has 3 aromatic heterocycles. The minimum atomic E-state index is -3.57. The summed E-state index contributed by atoms with van der Waals surface area (Å²) in [7, 11) is -3.57. The molecule has 3 aromatic rings. The standard InChI is InChI=1S/C20H24N6O3S/c1-14-20(15(2)24-23-14)30(28,29)26-8-5-16(6-9-26)12-25-13-22-18(10-19(25)27)17-4-3-7-21-11-17/h3-4,7,10-11,13,16H,5-6,8-9,12H2,1-2H3,(H,23,24). The molecule has 1 aliphatic rings. The zero-order valence-corrected chi connectivity index (χ0v) is 17.8. The predicted octanol–water partition coefficient (Wildman–Crippen LogP) is 1.75. The number of H-pyrrole nitrogens is 1. The van der Waals surface area contributed by atoms with Crippen LogP contribution in [-0.2, 0) is 16.6 Å². The summed E-state index contributed by atoms with van der Waals surface area (Å²) in [6, 6.07) is 5.18. The van der Waals surface area contributed by atoms with E-state index in [9.17, 15) is 13.2 Å². The van der Waals surface area contributed by atoms with Crippen LogP contribution in [0.3, 0.4) is 0 Å². The molecule has 0 amide bonds. The molecule has 1 aliphatic heterocycles. The van der Waals surface area contributed by atoms with Crippen LogP contribution in [0.25, 0.3) is 11.3 Å². The maximum absolute atomic E-state index is 13.0. The second kappa shape index (κ2) is 8.11. The van der Waals surface area contributed by atoms with Gasteiger partial charge in [0.2, 0.25) is 10.0 Å². The van der Waals surface area contributed by atoms with E-state index in [2.05, 4.69) is 20.2 Å². The predicted molar refractivity (Wildman–Crippen MR) is 111 cm³/mol. The highest BCUT2D eigenvalue weighted by Crippen LogP contribution is 2.27. The van der Waals surface area contributed by atoms with Crippen LogP contribution in [-0.4, -0.2) is 50.5 Å². The fourth-order valence-electron chi connectivity index (χ4n) is 3.90. The molecule has 0 unspecified atom stereocenters. The van der Waals surface area contributed by atoms with Crippen LogP contribution in [0.4, 0.5) is 0 Å². The molecule has 1 saturated heterocycles. The number of nitrogens with one attached hydrogen (secondary N) is 1. The van der Waals surface area contributed by atoms with Gasteiger partial charge in [0, 0.05) is 43.7 Å². The second-order valence-corrected chi connectivity index (χ2v) is 9.49. The van der Waals surface area contributed by atoms with Gasteiger partial charge in [0.1, 0.15) is 4.90 Å². The number of pyridine rings is 1. The Morgan fingerprint density at radius 2 is 2.00 bits per heavy atom. The topological polar surface area (TPSA) is 114 Å². The summed E-state index contributed by atoms with van der Waals surface area (Å²) in [4.78, 5) is 21.2. The van der Waals surface area contributed by atoms with Crippen molar-refractivity contribution in [1.29, 1.82) is 0 Å². The van der Waals surface area contributed by atoms with Crippen molar-refractivity contribution in [3.63, 3.8) is 0 Å². The van der Waals surface area contributed by atoms with E-state index in [1.54, 1.807) is 43.2 Å². The molecule has 0 aliphatic carbocycles. The van der Waals surface area contributed by atoms with E-state index >= 15 is 0 Å². The number of rotatable bonds is 5. The van der Waals surface area contributed by atoms with E-state index in [0.29, 0.717) is 49.6 Å². The lowest BCUT2D eigenvalue weighted by Gasteiger charge is -2.31. The minimum Gasteiger partial charge on any atom is -0.299 e. The van der Waals surface area contributed by atoms with Crippen LogP contribution in [0.5, 0.6) is 0 Å². The molecule has 4 rings (SSSR count). The van der Waals surface area contributed by atoms with Gasteiger partial charge in [0.05, 0.1) is 23.4 Å². The lowest BCUT2D eigenvalue weighted by molar-refractivity contribution is 0.250. The van der Waals surface area contributed by atoms with E-state index in [-0.39, 0.29) is 16.4 Å². The summed E-state index contributed by atoms with van der Waals surface area (Å²) < 4.78 is 29.1. The molecular formula is C20H24N6O3S. The minimum absolute atomic E-state index is 0.122. The number of piperidine rings is 1. The fourth-order valence-corrected chi connectivity index (χ4v) is 5.70. The molecule has 4 heterocycles. The highest BCUT2D eigenvalue weighted by Gasteiger charge is 2.32. The molecule has 0 spiro atoms. The molecule has 158 valence electrons. The first kappa shape index (κ1) is 20.4. The molecule has 0 radical (unpaired) electrons. The first-order valence-electron chi connectivity index (χ1n) is 9.85. The number of aromatic nitrogens is 5. The summed E-state index contributed by atoms with van der Waals surface area (Å²) in [5.41, 5.74) is 2.31. The molecule has 0 aromatic carbocycles. The van der Waals surface area contributed by atoms with Gasteiger partial charge in [0.15, 0.2) is 0 Å². The molecule has 1 N–H and O–H groups in total. The van der Waals surface area contributed by atoms with Crippen molar-refractivity contribution >= 4 is 10.0 Å². The summed E-state index contributed by atoms with van der Waals surface area (Å²) in [6.07, 6.45) is 6.28. The van der Waals surface area contributed by atoms with E-state index < -0.39 is 10.0 Å². The summed E-state index contributed by atoms with van der Waals surface area (Å²) in [5, 5.41) is 6.75. The second-order valence-electron chi connectivity index (χ2n) is 7.62. The number of aromatic amines is 1. The van der Waals surface area contributed by atoms with Crippen LogP contribution in [0.2, 0.25) is 0 Å². The number of hydrogen-bond acceptors (Lipinski definition) is 6. The number of hydrogen-bond donors (Lipinski definition) is 1. The average molecular weight is 429 g/mol. The smallest absolute Gasteiger partial charge is 0.253 e. The van der Waals surface area contributed by atoms with Crippen molar-refractivity contribution < 1.29 is 8.42 Å². The third-order valence-electron chi connectivity index (χ3n) is 5.52.